The minimum absolute atomic E-state index is 0.0612. The Bertz CT molecular complexity index is 568. The first-order chi connectivity index (χ1) is 10.9. The zero-order valence-corrected chi connectivity index (χ0v) is 14.9. The summed E-state index contributed by atoms with van der Waals surface area (Å²) in [6.07, 6.45) is 2.97. The van der Waals surface area contributed by atoms with Gasteiger partial charge < -0.3 is 14.9 Å². The Morgan fingerprint density at radius 2 is 2.09 bits per heavy atom. The molecule has 1 aliphatic heterocycles. The Labute approximate surface area is 142 Å². The second-order valence-corrected chi connectivity index (χ2v) is 7.82. The summed E-state index contributed by atoms with van der Waals surface area (Å²) in [6.45, 7) is 6.38. The number of phenols is 1. The van der Waals surface area contributed by atoms with Gasteiger partial charge in [-0.2, -0.15) is 11.8 Å². The molecule has 0 amide bonds. The quantitative estimate of drug-likeness (QED) is 0.702. The van der Waals surface area contributed by atoms with Gasteiger partial charge in [-0.25, -0.2) is 0 Å². The van der Waals surface area contributed by atoms with Crippen molar-refractivity contribution in [3.8, 4) is 11.5 Å². The molecule has 0 fully saturated rings. The van der Waals surface area contributed by atoms with E-state index < -0.39 is 5.97 Å². The number of hydrogen-bond donors (Lipinski definition) is 2. The molecule has 0 saturated heterocycles. The van der Waals surface area contributed by atoms with Crippen molar-refractivity contribution in [3.63, 3.8) is 0 Å². The van der Waals surface area contributed by atoms with Crippen LogP contribution >= 0.6 is 11.8 Å². The lowest BCUT2D eigenvalue weighted by atomic mass is 9.79. The molecule has 0 bridgehead atoms. The number of aliphatic carboxylic acids is 1. The zero-order valence-electron chi connectivity index (χ0n) is 14.1. The van der Waals surface area contributed by atoms with E-state index in [0.717, 1.165) is 41.9 Å². The van der Waals surface area contributed by atoms with Gasteiger partial charge in [0.15, 0.2) is 0 Å². The normalized spacial score (nSPS) is 18.5. The summed E-state index contributed by atoms with van der Waals surface area (Å²) < 4.78 is 6.15. The Morgan fingerprint density at radius 1 is 1.35 bits per heavy atom. The van der Waals surface area contributed by atoms with E-state index in [9.17, 15) is 9.90 Å². The average Bonchev–Trinajstić information content (AvgIpc) is 2.70. The van der Waals surface area contributed by atoms with Crippen LogP contribution in [0.5, 0.6) is 11.5 Å². The minimum Gasteiger partial charge on any atom is -0.508 e. The molecule has 1 unspecified atom stereocenters. The Hall–Kier alpha value is -1.36. The fourth-order valence-corrected chi connectivity index (χ4v) is 3.93. The molecule has 4 nitrogen and oxygen atoms in total. The molecule has 1 aromatic carbocycles. The summed E-state index contributed by atoms with van der Waals surface area (Å²) in [5.41, 5.74) is 1.86. The molecule has 23 heavy (non-hydrogen) atoms. The van der Waals surface area contributed by atoms with Crippen LogP contribution in [-0.2, 0) is 16.6 Å². The fourth-order valence-electron chi connectivity index (χ4n) is 3.03. The Morgan fingerprint density at radius 3 is 2.74 bits per heavy atom. The van der Waals surface area contributed by atoms with Gasteiger partial charge in [0.05, 0.1) is 6.42 Å². The molecule has 128 valence electrons. The number of carboxylic acids is 1. The lowest BCUT2D eigenvalue weighted by Crippen LogP contribution is -2.32. The van der Waals surface area contributed by atoms with Gasteiger partial charge in [-0.05, 0) is 36.3 Å². The highest BCUT2D eigenvalue weighted by atomic mass is 32.2. The van der Waals surface area contributed by atoms with Gasteiger partial charge in [0.2, 0.25) is 0 Å². The summed E-state index contributed by atoms with van der Waals surface area (Å²) in [7, 11) is 0. The number of phenolic OH excluding ortho intramolecular Hbond substituents is 1. The van der Waals surface area contributed by atoms with Crippen molar-refractivity contribution in [1.82, 2.24) is 0 Å². The number of benzene rings is 1. The highest BCUT2D eigenvalue weighted by Crippen LogP contribution is 2.46. The maximum absolute atomic E-state index is 10.5. The van der Waals surface area contributed by atoms with E-state index in [1.54, 1.807) is 11.8 Å². The average molecular weight is 338 g/mol. The van der Waals surface area contributed by atoms with E-state index in [2.05, 4.69) is 20.8 Å². The predicted molar refractivity (Wildman–Crippen MR) is 93.7 cm³/mol. The van der Waals surface area contributed by atoms with E-state index in [1.807, 2.05) is 12.1 Å². The van der Waals surface area contributed by atoms with Crippen LogP contribution in [0.25, 0.3) is 0 Å². The topological polar surface area (TPSA) is 66.8 Å². The molecule has 2 rings (SSSR count). The lowest BCUT2D eigenvalue weighted by molar-refractivity contribution is -0.136. The first-order valence-electron chi connectivity index (χ1n) is 8.18. The van der Waals surface area contributed by atoms with Crippen molar-refractivity contribution in [2.75, 3.05) is 11.5 Å². The van der Waals surface area contributed by atoms with Gasteiger partial charge in [-0.15, -0.1) is 0 Å². The van der Waals surface area contributed by atoms with E-state index in [-0.39, 0.29) is 17.9 Å². The van der Waals surface area contributed by atoms with Crippen LogP contribution in [0.2, 0.25) is 0 Å². The molecule has 0 spiro atoms. The van der Waals surface area contributed by atoms with Gasteiger partial charge in [-0.3, -0.25) is 4.79 Å². The number of fused-ring (bicyclic) bond motifs is 1. The molecule has 0 aromatic heterocycles. The number of rotatable bonds is 8. The number of aromatic hydroxyl groups is 1. The maximum atomic E-state index is 10.5. The Balaban J connectivity index is 2.01. The van der Waals surface area contributed by atoms with Crippen LogP contribution in [-0.4, -0.2) is 33.8 Å². The van der Waals surface area contributed by atoms with Crippen LogP contribution < -0.4 is 4.74 Å². The molecule has 1 heterocycles. The molecule has 5 heteroatoms. The second kappa shape index (κ2) is 7.47. The smallest absolute Gasteiger partial charge is 0.304 e. The van der Waals surface area contributed by atoms with E-state index in [1.165, 1.54) is 0 Å². The molecule has 1 aliphatic rings. The van der Waals surface area contributed by atoms with Crippen molar-refractivity contribution in [3.05, 3.63) is 23.3 Å². The van der Waals surface area contributed by atoms with Crippen LogP contribution in [0.4, 0.5) is 0 Å². The van der Waals surface area contributed by atoms with Gasteiger partial charge in [0.25, 0.3) is 0 Å². The molecule has 0 aliphatic carbocycles. The van der Waals surface area contributed by atoms with Crippen molar-refractivity contribution in [1.29, 1.82) is 0 Å². The summed E-state index contributed by atoms with van der Waals surface area (Å²) in [6, 6.07) is 3.84. The predicted octanol–water partition coefficient (Wildman–Crippen LogP) is 3.98. The van der Waals surface area contributed by atoms with Crippen LogP contribution in [0.1, 0.15) is 51.2 Å². The van der Waals surface area contributed by atoms with Crippen molar-refractivity contribution < 1.29 is 19.7 Å². The molecule has 1 aromatic rings. The van der Waals surface area contributed by atoms with Gasteiger partial charge in [0, 0.05) is 16.7 Å². The van der Waals surface area contributed by atoms with Gasteiger partial charge >= 0.3 is 5.97 Å². The third kappa shape index (κ3) is 4.14. The van der Waals surface area contributed by atoms with Crippen LogP contribution in [0.15, 0.2) is 12.1 Å². The molecule has 0 saturated carbocycles. The largest absolute Gasteiger partial charge is 0.508 e. The third-order valence-corrected chi connectivity index (χ3v) is 5.47. The molecule has 1 atom stereocenters. The summed E-state index contributed by atoms with van der Waals surface area (Å²) >= 11 is 1.65. The Kier molecular flexibility index (Phi) is 5.84. The SMILES string of the molecule is CCCc1cc2c(cc1O)C(C)(C)C(CCSCCC(=O)O)O2. The molecular formula is C18H26O4S. The number of carboxylic acid groups (broad SMARTS) is 1. The first-order valence-corrected chi connectivity index (χ1v) is 9.34. The highest BCUT2D eigenvalue weighted by molar-refractivity contribution is 7.99. The van der Waals surface area contributed by atoms with E-state index >= 15 is 0 Å². The molecular weight excluding hydrogens is 312 g/mol. The van der Waals surface area contributed by atoms with Crippen LogP contribution in [0.3, 0.4) is 0 Å². The number of ether oxygens (including phenoxy) is 1. The molecule has 0 radical (unpaired) electrons. The first kappa shape index (κ1) is 18.0. The summed E-state index contributed by atoms with van der Waals surface area (Å²) in [5.74, 6) is 2.01. The van der Waals surface area contributed by atoms with E-state index in [0.29, 0.717) is 11.5 Å². The van der Waals surface area contributed by atoms with Crippen molar-refractivity contribution in [2.24, 2.45) is 0 Å². The standard InChI is InChI=1S/C18H26O4S/c1-4-5-12-10-15-13(11-14(12)19)18(2,3)16(22-15)6-8-23-9-7-17(20)21/h10-11,16,19H,4-9H2,1-3H3,(H,20,21). The maximum Gasteiger partial charge on any atom is 0.304 e. The van der Waals surface area contributed by atoms with E-state index in [4.69, 9.17) is 9.84 Å². The van der Waals surface area contributed by atoms with Crippen LogP contribution in [0, 0.1) is 0 Å². The van der Waals surface area contributed by atoms with Gasteiger partial charge in [0.1, 0.15) is 17.6 Å². The second-order valence-electron chi connectivity index (χ2n) is 6.60. The number of hydrogen-bond acceptors (Lipinski definition) is 4. The summed E-state index contributed by atoms with van der Waals surface area (Å²) in [5, 5.41) is 18.9. The fraction of sp³-hybridized carbons (Fsp3) is 0.611. The third-order valence-electron chi connectivity index (χ3n) is 4.45. The number of thioether (sulfide) groups is 1. The summed E-state index contributed by atoms with van der Waals surface area (Å²) in [4.78, 5) is 10.5. The monoisotopic (exact) mass is 338 g/mol. The number of carbonyl (C=O) groups is 1. The molecule has 2 N–H and O–H groups in total. The zero-order chi connectivity index (χ0) is 17.0. The minimum atomic E-state index is -0.749. The highest BCUT2D eigenvalue weighted by Gasteiger charge is 2.41. The van der Waals surface area contributed by atoms with Crippen molar-refractivity contribution in [2.45, 2.75) is 58.0 Å². The number of aryl methyl sites for hydroxylation is 1. The van der Waals surface area contributed by atoms with Crippen molar-refractivity contribution >= 4 is 17.7 Å². The van der Waals surface area contributed by atoms with Gasteiger partial charge in [-0.1, -0.05) is 27.2 Å². The lowest BCUT2D eigenvalue weighted by Gasteiger charge is -2.25.